The van der Waals surface area contributed by atoms with Crippen molar-refractivity contribution < 1.29 is 15.0 Å². The van der Waals surface area contributed by atoms with Crippen molar-refractivity contribution >= 4 is 5.97 Å². The van der Waals surface area contributed by atoms with E-state index in [1.165, 1.54) is 19.3 Å². The minimum absolute atomic E-state index is 0.254. The molecule has 18 heavy (non-hydrogen) atoms. The molecule has 0 heterocycles. The predicted molar refractivity (Wildman–Crippen MR) is 69.3 cm³/mol. The molecule has 104 valence electrons. The Morgan fingerprint density at radius 2 is 1.94 bits per heavy atom. The minimum atomic E-state index is -0.713. The lowest BCUT2D eigenvalue weighted by Crippen LogP contribution is -2.47. The number of carboxylic acid groups (broad SMARTS) is 1. The number of aliphatic hydroxyl groups is 1. The van der Waals surface area contributed by atoms with Gasteiger partial charge in [0.25, 0.3) is 0 Å². The first-order valence-electron chi connectivity index (χ1n) is 7.19. The van der Waals surface area contributed by atoms with E-state index in [4.69, 9.17) is 5.11 Å². The van der Waals surface area contributed by atoms with Gasteiger partial charge in [0.15, 0.2) is 0 Å². The summed E-state index contributed by atoms with van der Waals surface area (Å²) < 4.78 is 0. The van der Waals surface area contributed by atoms with Crippen LogP contribution in [0.4, 0.5) is 0 Å². The van der Waals surface area contributed by atoms with Crippen LogP contribution in [0, 0.1) is 11.8 Å². The quantitative estimate of drug-likeness (QED) is 0.716. The highest BCUT2D eigenvalue weighted by Crippen LogP contribution is 2.33. The van der Waals surface area contributed by atoms with Crippen LogP contribution in [0.5, 0.6) is 0 Å². The average Bonchev–Trinajstić information content (AvgIpc) is 2.73. The maximum atomic E-state index is 10.9. The number of rotatable bonds is 4. The molecule has 2 aliphatic rings. The fraction of sp³-hybridized carbons (Fsp3) is 0.929. The monoisotopic (exact) mass is 255 g/mol. The van der Waals surface area contributed by atoms with Gasteiger partial charge < -0.3 is 15.5 Å². The number of nitrogens with one attached hydrogen (secondary N) is 1. The molecule has 2 saturated carbocycles. The molecule has 0 aromatic heterocycles. The van der Waals surface area contributed by atoms with E-state index in [1.54, 1.807) is 0 Å². The summed E-state index contributed by atoms with van der Waals surface area (Å²) in [7, 11) is 0. The molecule has 4 nitrogen and oxygen atoms in total. The molecule has 0 saturated heterocycles. The zero-order valence-electron chi connectivity index (χ0n) is 11.2. The van der Waals surface area contributed by atoms with Gasteiger partial charge in [-0.3, -0.25) is 4.79 Å². The Balaban J connectivity index is 1.77. The third-order valence-electron chi connectivity index (χ3n) is 4.82. The van der Waals surface area contributed by atoms with Gasteiger partial charge in [0.1, 0.15) is 0 Å². The lowest BCUT2D eigenvalue weighted by Gasteiger charge is -2.36. The first-order chi connectivity index (χ1) is 8.50. The SMILES string of the molecule is CC1CCCC1NCC1(O)CCC(C(=O)O)CC1. The van der Waals surface area contributed by atoms with E-state index < -0.39 is 11.6 Å². The normalized spacial score (nSPS) is 40.9. The summed E-state index contributed by atoms with van der Waals surface area (Å²) in [5.74, 6) is -0.269. The van der Waals surface area contributed by atoms with Crippen LogP contribution in [0.2, 0.25) is 0 Å². The van der Waals surface area contributed by atoms with Gasteiger partial charge in [0, 0.05) is 12.6 Å². The Bertz CT molecular complexity index is 297. The number of aliphatic carboxylic acids is 1. The first kappa shape index (κ1) is 13.8. The molecule has 0 aromatic carbocycles. The highest BCUT2D eigenvalue weighted by Gasteiger charge is 2.36. The Hall–Kier alpha value is -0.610. The largest absolute Gasteiger partial charge is 0.481 e. The molecule has 0 spiro atoms. The molecule has 0 bridgehead atoms. The van der Waals surface area contributed by atoms with E-state index in [2.05, 4.69) is 12.2 Å². The maximum Gasteiger partial charge on any atom is 0.306 e. The summed E-state index contributed by atoms with van der Waals surface area (Å²) in [4.78, 5) is 10.9. The summed E-state index contributed by atoms with van der Waals surface area (Å²) in [5, 5.41) is 22.9. The molecular formula is C14H25NO3. The highest BCUT2D eigenvalue weighted by molar-refractivity contribution is 5.70. The third-order valence-corrected chi connectivity index (χ3v) is 4.82. The second kappa shape index (κ2) is 5.57. The van der Waals surface area contributed by atoms with E-state index in [1.807, 2.05) is 0 Å². The summed E-state index contributed by atoms with van der Waals surface area (Å²) in [6.07, 6.45) is 6.18. The predicted octanol–water partition coefficient (Wildman–Crippen LogP) is 1.77. The van der Waals surface area contributed by atoms with E-state index in [0.717, 1.165) is 0 Å². The molecule has 2 fully saturated rings. The lowest BCUT2D eigenvalue weighted by molar-refractivity contribution is -0.144. The number of carboxylic acids is 1. The zero-order chi connectivity index (χ0) is 13.2. The Kier molecular flexibility index (Phi) is 4.28. The van der Waals surface area contributed by atoms with Gasteiger partial charge in [-0.15, -0.1) is 0 Å². The Morgan fingerprint density at radius 1 is 1.28 bits per heavy atom. The zero-order valence-corrected chi connectivity index (χ0v) is 11.2. The average molecular weight is 255 g/mol. The summed E-state index contributed by atoms with van der Waals surface area (Å²) in [5.41, 5.74) is -0.686. The van der Waals surface area contributed by atoms with Crippen LogP contribution in [0.1, 0.15) is 51.9 Å². The van der Waals surface area contributed by atoms with Gasteiger partial charge in [-0.25, -0.2) is 0 Å². The van der Waals surface area contributed by atoms with Crippen LogP contribution in [-0.4, -0.2) is 34.4 Å². The smallest absolute Gasteiger partial charge is 0.306 e. The van der Waals surface area contributed by atoms with Crippen LogP contribution >= 0.6 is 0 Å². The molecule has 2 atom stereocenters. The van der Waals surface area contributed by atoms with E-state index >= 15 is 0 Å². The molecule has 0 aliphatic heterocycles. The standard InChI is InChI=1S/C14H25NO3/c1-10-3-2-4-12(10)15-9-14(18)7-5-11(6-8-14)13(16)17/h10-12,15,18H,2-9H2,1H3,(H,16,17). The van der Waals surface area contributed by atoms with Crippen molar-refractivity contribution in [1.82, 2.24) is 5.32 Å². The van der Waals surface area contributed by atoms with Crippen molar-refractivity contribution in [3.05, 3.63) is 0 Å². The van der Waals surface area contributed by atoms with Crippen molar-refractivity contribution in [2.24, 2.45) is 11.8 Å². The van der Waals surface area contributed by atoms with Gasteiger partial charge in [-0.1, -0.05) is 13.3 Å². The van der Waals surface area contributed by atoms with Crippen molar-refractivity contribution in [3.8, 4) is 0 Å². The number of hydrogen-bond donors (Lipinski definition) is 3. The second-order valence-electron chi connectivity index (χ2n) is 6.23. The van der Waals surface area contributed by atoms with Crippen molar-refractivity contribution in [2.45, 2.75) is 63.5 Å². The van der Waals surface area contributed by atoms with Crippen LogP contribution in [0.3, 0.4) is 0 Å². The van der Waals surface area contributed by atoms with Crippen molar-refractivity contribution in [1.29, 1.82) is 0 Å². The van der Waals surface area contributed by atoms with E-state index in [-0.39, 0.29) is 5.92 Å². The highest BCUT2D eigenvalue weighted by atomic mass is 16.4. The van der Waals surface area contributed by atoms with Gasteiger partial charge in [-0.05, 0) is 44.4 Å². The van der Waals surface area contributed by atoms with E-state index in [0.29, 0.717) is 44.2 Å². The van der Waals surface area contributed by atoms with Crippen molar-refractivity contribution in [3.63, 3.8) is 0 Å². The molecule has 2 unspecified atom stereocenters. The summed E-state index contributed by atoms with van der Waals surface area (Å²) in [6.45, 7) is 2.88. The van der Waals surface area contributed by atoms with Crippen LogP contribution in [0.15, 0.2) is 0 Å². The second-order valence-corrected chi connectivity index (χ2v) is 6.23. The number of hydrogen-bond acceptors (Lipinski definition) is 3. The molecule has 0 amide bonds. The van der Waals surface area contributed by atoms with Gasteiger partial charge in [0.2, 0.25) is 0 Å². The van der Waals surface area contributed by atoms with Gasteiger partial charge in [0.05, 0.1) is 11.5 Å². The maximum absolute atomic E-state index is 10.9. The molecule has 4 heteroatoms. The molecule has 0 aromatic rings. The minimum Gasteiger partial charge on any atom is -0.481 e. The lowest BCUT2D eigenvalue weighted by atomic mass is 9.78. The van der Waals surface area contributed by atoms with Crippen LogP contribution in [-0.2, 0) is 4.79 Å². The van der Waals surface area contributed by atoms with Crippen molar-refractivity contribution in [2.75, 3.05) is 6.54 Å². The topological polar surface area (TPSA) is 69.6 Å². The third kappa shape index (κ3) is 3.23. The van der Waals surface area contributed by atoms with E-state index in [9.17, 15) is 9.90 Å². The van der Waals surface area contributed by atoms with Crippen LogP contribution in [0.25, 0.3) is 0 Å². The van der Waals surface area contributed by atoms with Gasteiger partial charge >= 0.3 is 5.97 Å². The van der Waals surface area contributed by atoms with Gasteiger partial charge in [-0.2, -0.15) is 0 Å². The summed E-state index contributed by atoms with van der Waals surface area (Å²) in [6, 6.07) is 0.534. The first-order valence-corrected chi connectivity index (χ1v) is 7.19. The Morgan fingerprint density at radius 3 is 2.44 bits per heavy atom. The molecule has 0 radical (unpaired) electrons. The molecule has 2 rings (SSSR count). The number of carbonyl (C=O) groups is 1. The molecule has 2 aliphatic carbocycles. The fourth-order valence-electron chi connectivity index (χ4n) is 3.35. The molecule has 3 N–H and O–H groups in total. The van der Waals surface area contributed by atoms with Crippen LogP contribution < -0.4 is 5.32 Å². The molecular weight excluding hydrogens is 230 g/mol. The summed E-state index contributed by atoms with van der Waals surface area (Å²) >= 11 is 0. The Labute approximate surface area is 109 Å². The fourth-order valence-corrected chi connectivity index (χ4v) is 3.35.